The summed E-state index contributed by atoms with van der Waals surface area (Å²) in [6.07, 6.45) is -3.01. The first-order valence-corrected chi connectivity index (χ1v) is 6.33. The van der Waals surface area contributed by atoms with Crippen LogP contribution in [0.2, 0.25) is 0 Å². The van der Waals surface area contributed by atoms with Gasteiger partial charge in [-0.05, 0) is 13.0 Å². The summed E-state index contributed by atoms with van der Waals surface area (Å²) in [5.74, 6) is -1.26. The normalized spacial score (nSPS) is 22.2. The number of hydrogen-bond donors (Lipinski definition) is 2. The molecule has 21 heavy (non-hydrogen) atoms. The Morgan fingerprint density at radius 2 is 2.14 bits per heavy atom. The second-order valence-corrected chi connectivity index (χ2v) is 4.63. The van der Waals surface area contributed by atoms with Crippen LogP contribution in [-0.4, -0.2) is 32.1 Å². The van der Waals surface area contributed by atoms with Gasteiger partial charge in [0.1, 0.15) is 12.4 Å². The molecule has 0 fully saturated rings. The average Bonchev–Trinajstić information content (AvgIpc) is 2.42. The second kappa shape index (κ2) is 5.80. The van der Waals surface area contributed by atoms with Crippen molar-refractivity contribution in [3.63, 3.8) is 0 Å². The van der Waals surface area contributed by atoms with Crippen LogP contribution in [0, 0.1) is 5.82 Å². The monoisotopic (exact) mass is 303 g/mol. The Balaban J connectivity index is 2.64. The van der Waals surface area contributed by atoms with Crippen molar-refractivity contribution in [3.8, 4) is 5.75 Å². The summed E-state index contributed by atoms with van der Waals surface area (Å²) >= 11 is 0. The lowest BCUT2D eigenvalue weighted by atomic mass is 9.89. The van der Waals surface area contributed by atoms with Crippen LogP contribution in [0.25, 0.3) is 0 Å². The largest absolute Gasteiger partial charge is 0.491 e. The first-order chi connectivity index (χ1) is 9.90. The van der Waals surface area contributed by atoms with Crippen molar-refractivity contribution in [3.05, 3.63) is 23.5 Å². The molecule has 0 aliphatic carbocycles. The fourth-order valence-corrected chi connectivity index (χ4v) is 2.19. The first kappa shape index (κ1) is 15.4. The highest BCUT2D eigenvalue weighted by molar-refractivity contribution is 5.82. The molecular formula is C13H16F3N3O2. The lowest BCUT2D eigenvalue weighted by Crippen LogP contribution is -2.45. The summed E-state index contributed by atoms with van der Waals surface area (Å²) in [5, 5.41) is 0. The summed E-state index contributed by atoms with van der Waals surface area (Å²) in [7, 11) is 0. The molecule has 1 atom stereocenters. The van der Waals surface area contributed by atoms with E-state index in [1.54, 1.807) is 6.92 Å². The first-order valence-electron chi connectivity index (χ1n) is 6.33. The summed E-state index contributed by atoms with van der Waals surface area (Å²) in [5.41, 5.74) is 8.62. The van der Waals surface area contributed by atoms with Gasteiger partial charge in [0, 0.05) is 17.3 Å². The smallest absolute Gasteiger partial charge is 0.269 e. The number of nitrogens with zero attached hydrogens (tertiary/aromatic N) is 1. The van der Waals surface area contributed by atoms with Crippen LogP contribution in [0.5, 0.6) is 5.75 Å². The Kier molecular flexibility index (Phi) is 4.26. The molecule has 1 aromatic rings. The molecule has 1 aliphatic heterocycles. The van der Waals surface area contributed by atoms with Gasteiger partial charge in [-0.2, -0.15) is 0 Å². The topological polar surface area (TPSA) is 82.9 Å². The molecule has 0 aromatic heterocycles. The molecule has 2 rings (SSSR count). The Morgan fingerprint density at radius 3 is 2.71 bits per heavy atom. The van der Waals surface area contributed by atoms with Gasteiger partial charge in [0.15, 0.2) is 17.1 Å². The number of ether oxygens (including phenoxy) is 2. The van der Waals surface area contributed by atoms with E-state index in [1.165, 1.54) is 6.07 Å². The van der Waals surface area contributed by atoms with Gasteiger partial charge in [0.2, 0.25) is 0 Å². The van der Waals surface area contributed by atoms with Crippen LogP contribution < -0.4 is 16.2 Å². The lowest BCUT2D eigenvalue weighted by molar-refractivity contribution is -0.0147. The average molecular weight is 303 g/mol. The van der Waals surface area contributed by atoms with E-state index < -0.39 is 24.4 Å². The third-order valence-electron chi connectivity index (χ3n) is 3.10. The molecule has 0 saturated carbocycles. The molecule has 116 valence electrons. The van der Waals surface area contributed by atoms with Crippen LogP contribution in [0.15, 0.2) is 17.1 Å². The van der Waals surface area contributed by atoms with Crippen LogP contribution in [0.3, 0.4) is 0 Å². The molecule has 1 heterocycles. The lowest BCUT2D eigenvalue weighted by Gasteiger charge is -2.33. The second-order valence-electron chi connectivity index (χ2n) is 4.63. The molecule has 5 nitrogen and oxygen atoms in total. The quantitative estimate of drug-likeness (QED) is 0.829. The van der Waals surface area contributed by atoms with Crippen molar-refractivity contribution < 1.29 is 22.6 Å². The van der Waals surface area contributed by atoms with Crippen LogP contribution in [0.1, 0.15) is 12.5 Å². The van der Waals surface area contributed by atoms with E-state index >= 15 is 0 Å². The zero-order valence-corrected chi connectivity index (χ0v) is 11.4. The number of halogens is 3. The Bertz CT molecular complexity index is 566. The molecule has 0 spiro atoms. The van der Waals surface area contributed by atoms with Gasteiger partial charge in [-0.1, -0.05) is 0 Å². The van der Waals surface area contributed by atoms with Crippen LogP contribution >= 0.6 is 0 Å². The van der Waals surface area contributed by atoms with Gasteiger partial charge in [0.25, 0.3) is 6.43 Å². The highest BCUT2D eigenvalue weighted by Crippen LogP contribution is 2.40. The van der Waals surface area contributed by atoms with Crippen molar-refractivity contribution >= 4 is 11.5 Å². The minimum Gasteiger partial charge on any atom is -0.491 e. The molecule has 0 amide bonds. The number of anilines is 1. The van der Waals surface area contributed by atoms with E-state index in [-0.39, 0.29) is 36.0 Å². The summed E-state index contributed by atoms with van der Waals surface area (Å²) in [6.45, 7) is 1.25. The molecule has 0 radical (unpaired) electrons. The Morgan fingerprint density at radius 1 is 1.43 bits per heavy atom. The molecule has 0 unspecified atom stereocenters. The van der Waals surface area contributed by atoms with Crippen LogP contribution in [0.4, 0.5) is 18.9 Å². The van der Waals surface area contributed by atoms with Crippen LogP contribution in [-0.2, 0) is 10.3 Å². The third-order valence-corrected chi connectivity index (χ3v) is 3.10. The zero-order chi connectivity index (χ0) is 15.6. The van der Waals surface area contributed by atoms with Gasteiger partial charge in [0.05, 0.1) is 13.2 Å². The fraction of sp³-hybridized carbons (Fsp3) is 0.462. The molecule has 1 aliphatic rings. The van der Waals surface area contributed by atoms with Gasteiger partial charge >= 0.3 is 0 Å². The number of nitrogen functional groups attached to an aromatic ring is 1. The summed E-state index contributed by atoms with van der Waals surface area (Å²) < 4.78 is 51.7. The standard InChI is InChI=1S/C13H16F3N3O2/c1-2-21-9-4-7(17)3-8(11(9)14)13(12(15)16)6-20-5-10(18)19-13/h3-4,12H,2,5-6,17H2,1H3,(H2,18,19)/t13-/m0/s1. The summed E-state index contributed by atoms with van der Waals surface area (Å²) in [6, 6.07) is 2.34. The zero-order valence-electron chi connectivity index (χ0n) is 11.4. The SMILES string of the molecule is CCOc1cc(N)cc([C@]2(C(F)F)COCC(N)=N2)c1F. The van der Waals surface area contributed by atoms with Gasteiger partial charge < -0.3 is 20.9 Å². The van der Waals surface area contributed by atoms with E-state index in [4.69, 9.17) is 20.9 Å². The maximum absolute atomic E-state index is 14.5. The van der Waals surface area contributed by atoms with Crippen molar-refractivity contribution in [2.45, 2.75) is 18.9 Å². The van der Waals surface area contributed by atoms with E-state index in [0.29, 0.717) is 0 Å². The molecule has 8 heteroatoms. The minimum absolute atomic E-state index is 0.0727. The predicted molar refractivity (Wildman–Crippen MR) is 72.1 cm³/mol. The van der Waals surface area contributed by atoms with Crippen molar-refractivity contribution in [1.29, 1.82) is 0 Å². The maximum Gasteiger partial charge on any atom is 0.269 e. The number of rotatable bonds is 4. The number of alkyl halides is 2. The minimum atomic E-state index is -3.01. The number of amidine groups is 1. The molecule has 4 N–H and O–H groups in total. The van der Waals surface area contributed by atoms with Gasteiger partial charge in [-0.25, -0.2) is 13.2 Å². The molecule has 0 bridgehead atoms. The van der Waals surface area contributed by atoms with E-state index in [2.05, 4.69) is 4.99 Å². The van der Waals surface area contributed by atoms with Gasteiger partial charge in [-0.3, -0.25) is 4.99 Å². The highest BCUT2D eigenvalue weighted by atomic mass is 19.3. The number of benzene rings is 1. The number of nitrogens with two attached hydrogens (primary N) is 2. The molecule has 1 aromatic carbocycles. The van der Waals surface area contributed by atoms with Crippen molar-refractivity contribution in [2.24, 2.45) is 10.7 Å². The summed E-state index contributed by atoms with van der Waals surface area (Å²) in [4.78, 5) is 3.75. The third kappa shape index (κ3) is 2.76. The fourth-order valence-electron chi connectivity index (χ4n) is 2.19. The molecular weight excluding hydrogens is 287 g/mol. The highest BCUT2D eigenvalue weighted by Gasteiger charge is 2.47. The van der Waals surface area contributed by atoms with E-state index in [1.807, 2.05) is 0 Å². The van der Waals surface area contributed by atoms with E-state index in [9.17, 15) is 13.2 Å². The van der Waals surface area contributed by atoms with Crippen molar-refractivity contribution in [2.75, 3.05) is 25.6 Å². The number of aliphatic imine (C=N–C) groups is 1. The number of hydrogen-bond acceptors (Lipinski definition) is 5. The van der Waals surface area contributed by atoms with Gasteiger partial charge in [-0.15, -0.1) is 0 Å². The van der Waals surface area contributed by atoms with E-state index in [0.717, 1.165) is 6.07 Å². The predicted octanol–water partition coefficient (Wildman–Crippen LogP) is 1.65. The maximum atomic E-state index is 14.5. The van der Waals surface area contributed by atoms with Crippen molar-refractivity contribution in [1.82, 2.24) is 0 Å². The Labute approximate surface area is 119 Å². The Hall–Kier alpha value is -1.96. The molecule has 0 saturated heterocycles.